The first-order chi connectivity index (χ1) is 17.3. The second kappa shape index (κ2) is 11.4. The number of hydrogen-bond donors (Lipinski definition) is 2. The zero-order valence-electron chi connectivity index (χ0n) is 20.6. The van der Waals surface area contributed by atoms with Crippen LogP contribution >= 0.6 is 11.3 Å². The zero-order chi connectivity index (χ0) is 25.5. The Bertz CT molecular complexity index is 1210. The molecule has 2 aromatic heterocycles. The molecule has 0 atom stereocenters. The van der Waals surface area contributed by atoms with Crippen molar-refractivity contribution in [2.24, 2.45) is 0 Å². The summed E-state index contributed by atoms with van der Waals surface area (Å²) in [6.45, 7) is 8.40. The summed E-state index contributed by atoms with van der Waals surface area (Å²) < 4.78 is 10.8. The Labute approximate surface area is 214 Å². The Hall–Kier alpha value is -3.69. The van der Waals surface area contributed by atoms with Crippen LogP contribution in [0.5, 0.6) is 0 Å². The average molecular weight is 507 g/mol. The number of carbonyl (C=O) groups is 2. The fourth-order valence-corrected chi connectivity index (χ4v) is 4.31. The topological polar surface area (TPSA) is 92.8 Å². The quantitative estimate of drug-likeness (QED) is 0.420. The van der Waals surface area contributed by atoms with Gasteiger partial charge in [-0.3, -0.25) is 10.1 Å². The van der Waals surface area contributed by atoms with Gasteiger partial charge in [0, 0.05) is 30.2 Å². The second-order valence-electron chi connectivity index (χ2n) is 9.24. The first-order valence-electron chi connectivity index (χ1n) is 11.7. The van der Waals surface area contributed by atoms with E-state index >= 15 is 0 Å². The SMILES string of the molecule is CC(C)(C)OC(=O)Nc1ccc(-c2cccs2)cc1NC(=O)/C=C/c1ccc(N2CCOCC2)nc1. The number of morpholine rings is 1. The summed E-state index contributed by atoms with van der Waals surface area (Å²) in [7, 11) is 0. The predicted octanol–water partition coefficient (Wildman–Crippen LogP) is 5.65. The van der Waals surface area contributed by atoms with Gasteiger partial charge in [0.05, 0.1) is 24.6 Å². The van der Waals surface area contributed by atoms with Gasteiger partial charge >= 0.3 is 6.09 Å². The lowest BCUT2D eigenvalue weighted by Crippen LogP contribution is -2.36. The Morgan fingerprint density at radius 3 is 2.56 bits per heavy atom. The van der Waals surface area contributed by atoms with Crippen molar-refractivity contribution in [2.45, 2.75) is 26.4 Å². The minimum Gasteiger partial charge on any atom is -0.444 e. The summed E-state index contributed by atoms with van der Waals surface area (Å²) in [5.74, 6) is 0.561. The number of anilines is 3. The molecule has 0 spiro atoms. The third-order valence-corrected chi connectivity index (χ3v) is 6.17. The number of aromatic nitrogens is 1. The highest BCUT2D eigenvalue weighted by Gasteiger charge is 2.18. The summed E-state index contributed by atoms with van der Waals surface area (Å²) in [5, 5.41) is 7.60. The zero-order valence-corrected chi connectivity index (χ0v) is 21.4. The van der Waals surface area contributed by atoms with Gasteiger partial charge in [0.2, 0.25) is 5.91 Å². The maximum atomic E-state index is 12.8. The number of amides is 2. The summed E-state index contributed by atoms with van der Waals surface area (Å²) in [4.78, 5) is 32.9. The molecule has 3 heterocycles. The van der Waals surface area contributed by atoms with E-state index in [0.717, 1.165) is 34.9 Å². The van der Waals surface area contributed by atoms with Crippen LogP contribution in [0.3, 0.4) is 0 Å². The number of ether oxygens (including phenoxy) is 2. The van der Waals surface area contributed by atoms with Crippen LogP contribution < -0.4 is 15.5 Å². The van der Waals surface area contributed by atoms with Gasteiger partial charge in [-0.1, -0.05) is 12.1 Å². The normalized spacial score (nSPS) is 14.0. The molecular weight excluding hydrogens is 476 g/mol. The van der Waals surface area contributed by atoms with Crippen molar-refractivity contribution in [1.29, 1.82) is 0 Å². The highest BCUT2D eigenvalue weighted by Crippen LogP contribution is 2.32. The molecule has 36 heavy (non-hydrogen) atoms. The number of carbonyl (C=O) groups excluding carboxylic acids is 2. The van der Waals surface area contributed by atoms with E-state index in [0.29, 0.717) is 24.6 Å². The number of rotatable bonds is 6. The van der Waals surface area contributed by atoms with Crippen molar-refractivity contribution in [3.05, 3.63) is 65.7 Å². The van der Waals surface area contributed by atoms with Gasteiger partial charge in [-0.15, -0.1) is 11.3 Å². The molecule has 1 aliphatic heterocycles. The van der Waals surface area contributed by atoms with Crippen molar-refractivity contribution in [1.82, 2.24) is 4.98 Å². The maximum absolute atomic E-state index is 12.8. The lowest BCUT2D eigenvalue weighted by Gasteiger charge is -2.27. The Kier molecular flexibility index (Phi) is 8.02. The van der Waals surface area contributed by atoms with Crippen molar-refractivity contribution in [3.8, 4) is 10.4 Å². The van der Waals surface area contributed by atoms with E-state index in [9.17, 15) is 9.59 Å². The van der Waals surface area contributed by atoms with E-state index in [2.05, 4.69) is 20.5 Å². The van der Waals surface area contributed by atoms with Crippen molar-refractivity contribution >= 4 is 46.6 Å². The molecule has 2 N–H and O–H groups in total. The summed E-state index contributed by atoms with van der Waals surface area (Å²) in [5.41, 5.74) is 2.02. The molecule has 1 saturated heterocycles. The minimum absolute atomic E-state index is 0.331. The van der Waals surface area contributed by atoms with Gasteiger partial charge < -0.3 is 19.7 Å². The molecule has 1 aromatic carbocycles. The van der Waals surface area contributed by atoms with Crippen molar-refractivity contribution in [3.63, 3.8) is 0 Å². The molecule has 8 nitrogen and oxygen atoms in total. The number of nitrogens with zero attached hydrogens (tertiary/aromatic N) is 2. The highest BCUT2D eigenvalue weighted by atomic mass is 32.1. The van der Waals surface area contributed by atoms with Crippen molar-refractivity contribution in [2.75, 3.05) is 41.8 Å². The van der Waals surface area contributed by atoms with Crippen LogP contribution in [0.4, 0.5) is 22.0 Å². The van der Waals surface area contributed by atoms with Crippen LogP contribution in [0, 0.1) is 0 Å². The number of hydrogen-bond acceptors (Lipinski definition) is 7. The molecule has 0 saturated carbocycles. The largest absolute Gasteiger partial charge is 0.444 e. The van der Waals surface area contributed by atoms with Crippen LogP contribution in [0.2, 0.25) is 0 Å². The van der Waals surface area contributed by atoms with Crippen LogP contribution in [0.1, 0.15) is 26.3 Å². The van der Waals surface area contributed by atoms with E-state index in [4.69, 9.17) is 9.47 Å². The molecule has 3 aromatic rings. The van der Waals surface area contributed by atoms with Gasteiger partial charge in [-0.05, 0) is 73.7 Å². The number of nitrogens with one attached hydrogen (secondary N) is 2. The second-order valence-corrected chi connectivity index (χ2v) is 10.2. The molecule has 0 unspecified atom stereocenters. The Balaban J connectivity index is 1.47. The molecule has 0 radical (unpaired) electrons. The number of thiophene rings is 1. The summed E-state index contributed by atoms with van der Waals surface area (Å²) in [6, 6.07) is 13.3. The van der Waals surface area contributed by atoms with Crippen LogP contribution in [-0.2, 0) is 14.3 Å². The maximum Gasteiger partial charge on any atom is 0.412 e. The number of benzene rings is 1. The van der Waals surface area contributed by atoms with Crippen LogP contribution in [-0.4, -0.2) is 48.9 Å². The minimum atomic E-state index is -0.640. The predicted molar refractivity (Wildman–Crippen MR) is 145 cm³/mol. The average Bonchev–Trinajstić information content (AvgIpc) is 3.39. The molecule has 0 bridgehead atoms. The monoisotopic (exact) mass is 506 g/mol. The number of pyridine rings is 1. The first-order valence-corrected chi connectivity index (χ1v) is 12.6. The first kappa shape index (κ1) is 25.4. The smallest absolute Gasteiger partial charge is 0.412 e. The van der Waals surface area contributed by atoms with E-state index in [1.807, 2.05) is 41.8 Å². The lowest BCUT2D eigenvalue weighted by molar-refractivity contribution is -0.111. The summed E-state index contributed by atoms with van der Waals surface area (Å²) in [6.07, 6.45) is 4.29. The molecule has 2 amide bonds. The third kappa shape index (κ3) is 7.16. The van der Waals surface area contributed by atoms with Gasteiger partial charge in [0.15, 0.2) is 0 Å². The molecule has 188 valence electrons. The van der Waals surface area contributed by atoms with E-state index in [1.54, 1.807) is 50.4 Å². The fraction of sp³-hybridized carbons (Fsp3) is 0.296. The van der Waals surface area contributed by atoms with Crippen LogP contribution in [0.25, 0.3) is 16.5 Å². The highest BCUT2D eigenvalue weighted by molar-refractivity contribution is 7.13. The molecular formula is C27H30N4O4S. The van der Waals surface area contributed by atoms with Crippen molar-refractivity contribution < 1.29 is 19.1 Å². The molecule has 9 heteroatoms. The molecule has 1 fully saturated rings. The van der Waals surface area contributed by atoms with Gasteiger partial charge in [0.25, 0.3) is 0 Å². The Morgan fingerprint density at radius 1 is 1.08 bits per heavy atom. The molecule has 0 aliphatic carbocycles. The molecule has 1 aliphatic rings. The lowest BCUT2D eigenvalue weighted by atomic mass is 10.1. The van der Waals surface area contributed by atoms with Gasteiger partial charge in [-0.25, -0.2) is 9.78 Å². The fourth-order valence-electron chi connectivity index (χ4n) is 3.59. The van der Waals surface area contributed by atoms with Gasteiger partial charge in [0.1, 0.15) is 11.4 Å². The van der Waals surface area contributed by atoms with E-state index in [1.165, 1.54) is 6.08 Å². The molecule has 4 rings (SSSR count). The van der Waals surface area contributed by atoms with E-state index < -0.39 is 11.7 Å². The van der Waals surface area contributed by atoms with Crippen LogP contribution in [0.15, 0.2) is 60.1 Å². The standard InChI is InChI=1S/C27H30N4O4S/c1-27(2,3)35-26(33)30-21-9-8-20(23-5-4-16-36-23)17-22(21)29-25(32)11-7-19-6-10-24(28-18-19)31-12-14-34-15-13-31/h4-11,16-18H,12-15H2,1-3H3,(H,29,32)(H,30,33)/b11-7+. The Morgan fingerprint density at radius 2 is 1.89 bits per heavy atom. The third-order valence-electron chi connectivity index (χ3n) is 5.25. The summed E-state index contributed by atoms with van der Waals surface area (Å²) >= 11 is 1.59. The van der Waals surface area contributed by atoms with Gasteiger partial charge in [-0.2, -0.15) is 0 Å². The van der Waals surface area contributed by atoms with E-state index in [-0.39, 0.29) is 5.91 Å².